The van der Waals surface area contributed by atoms with Gasteiger partial charge in [0.2, 0.25) is 0 Å². The number of aromatic nitrogens is 4. The van der Waals surface area contributed by atoms with Crippen LogP contribution in [0.25, 0.3) is 11.2 Å². The number of rotatable bonds is 6. The van der Waals surface area contributed by atoms with Crippen LogP contribution in [-0.2, 0) is 6.54 Å². The summed E-state index contributed by atoms with van der Waals surface area (Å²) in [5, 5.41) is 3.24. The third-order valence-electron chi connectivity index (χ3n) is 3.47. The highest BCUT2D eigenvalue weighted by molar-refractivity contribution is 5.81. The molecule has 3 rings (SSSR count). The molecule has 1 aromatic carbocycles. The number of nitrogens with one attached hydrogen (secondary N) is 2. The topological polar surface area (TPSA) is 94.2 Å². The van der Waals surface area contributed by atoms with Crippen LogP contribution in [0.3, 0.4) is 0 Å². The number of H-pyrrole nitrogens is 1. The fraction of sp³-hybridized carbons (Fsp3) is 0.267. The summed E-state index contributed by atoms with van der Waals surface area (Å²) in [5.74, 6) is 2.64. The zero-order chi connectivity index (χ0) is 16.2. The van der Waals surface area contributed by atoms with Crippen molar-refractivity contribution >= 4 is 17.0 Å². The van der Waals surface area contributed by atoms with Gasteiger partial charge in [-0.15, -0.1) is 0 Å². The van der Waals surface area contributed by atoms with E-state index in [9.17, 15) is 0 Å². The summed E-state index contributed by atoms with van der Waals surface area (Å²) in [6.07, 6.45) is 3.06. The van der Waals surface area contributed by atoms with E-state index in [-0.39, 0.29) is 0 Å². The third-order valence-corrected chi connectivity index (χ3v) is 3.47. The maximum absolute atomic E-state index is 5.44. The fourth-order valence-electron chi connectivity index (χ4n) is 2.32. The first-order chi connectivity index (χ1) is 11.3. The van der Waals surface area contributed by atoms with E-state index >= 15 is 0 Å². The van der Waals surface area contributed by atoms with Gasteiger partial charge in [-0.3, -0.25) is 0 Å². The molecule has 0 bridgehead atoms. The molecule has 8 nitrogen and oxygen atoms in total. The van der Waals surface area contributed by atoms with Gasteiger partial charge in [-0.1, -0.05) is 0 Å². The number of anilines is 1. The largest absolute Gasteiger partial charge is 0.496 e. The molecule has 0 spiro atoms. The first kappa shape index (κ1) is 14.9. The molecule has 0 radical (unpaired) electrons. The zero-order valence-corrected chi connectivity index (χ0v) is 13.1. The van der Waals surface area contributed by atoms with E-state index in [2.05, 4.69) is 25.3 Å². The molecule has 0 aliphatic carbocycles. The van der Waals surface area contributed by atoms with Crippen LogP contribution in [0.2, 0.25) is 0 Å². The fourth-order valence-corrected chi connectivity index (χ4v) is 2.32. The van der Waals surface area contributed by atoms with Crippen molar-refractivity contribution in [1.82, 2.24) is 19.9 Å². The van der Waals surface area contributed by atoms with Crippen molar-refractivity contribution in [3.63, 3.8) is 0 Å². The van der Waals surface area contributed by atoms with Crippen molar-refractivity contribution in [2.75, 3.05) is 26.6 Å². The Kier molecular flexibility index (Phi) is 4.13. The predicted octanol–water partition coefficient (Wildman–Crippen LogP) is 1.99. The van der Waals surface area contributed by atoms with E-state index < -0.39 is 0 Å². The molecule has 0 amide bonds. The molecule has 0 aliphatic rings. The minimum absolute atomic E-state index is 0.454. The van der Waals surface area contributed by atoms with Gasteiger partial charge < -0.3 is 24.5 Å². The Morgan fingerprint density at radius 2 is 1.74 bits per heavy atom. The second-order valence-electron chi connectivity index (χ2n) is 4.69. The van der Waals surface area contributed by atoms with Gasteiger partial charge in [0.05, 0.1) is 33.2 Å². The van der Waals surface area contributed by atoms with E-state index in [0.29, 0.717) is 40.8 Å². The predicted molar refractivity (Wildman–Crippen MR) is 85.1 cm³/mol. The van der Waals surface area contributed by atoms with Gasteiger partial charge in [0.1, 0.15) is 29.1 Å². The molecule has 0 saturated heterocycles. The van der Waals surface area contributed by atoms with E-state index in [4.69, 9.17) is 14.2 Å². The van der Waals surface area contributed by atoms with Crippen molar-refractivity contribution in [1.29, 1.82) is 0 Å². The quantitative estimate of drug-likeness (QED) is 0.718. The SMILES string of the molecule is COc1cc(OC)c(CNc2ncnc3[nH]cnc23)c(OC)c1. The molecular formula is C15H17N5O3. The lowest BCUT2D eigenvalue weighted by Gasteiger charge is -2.15. The van der Waals surface area contributed by atoms with Crippen LogP contribution in [0.4, 0.5) is 5.82 Å². The molecule has 8 heteroatoms. The summed E-state index contributed by atoms with van der Waals surface area (Å²) in [7, 11) is 4.81. The molecule has 23 heavy (non-hydrogen) atoms. The summed E-state index contributed by atoms with van der Waals surface area (Å²) >= 11 is 0. The average Bonchev–Trinajstić information content (AvgIpc) is 3.08. The number of methoxy groups -OCH3 is 3. The van der Waals surface area contributed by atoms with Gasteiger partial charge in [0, 0.05) is 18.7 Å². The number of nitrogens with zero attached hydrogens (tertiary/aromatic N) is 3. The summed E-state index contributed by atoms with van der Waals surface area (Å²) in [5.41, 5.74) is 2.22. The van der Waals surface area contributed by atoms with Crippen molar-refractivity contribution in [3.8, 4) is 17.2 Å². The van der Waals surface area contributed by atoms with E-state index in [0.717, 1.165) is 5.56 Å². The number of aromatic amines is 1. The third kappa shape index (κ3) is 2.83. The van der Waals surface area contributed by atoms with E-state index in [1.807, 2.05) is 12.1 Å². The van der Waals surface area contributed by atoms with E-state index in [1.165, 1.54) is 6.33 Å². The Labute approximate surface area is 132 Å². The van der Waals surface area contributed by atoms with Gasteiger partial charge >= 0.3 is 0 Å². The van der Waals surface area contributed by atoms with Crippen LogP contribution in [0.1, 0.15) is 5.56 Å². The minimum Gasteiger partial charge on any atom is -0.496 e. The van der Waals surface area contributed by atoms with Crippen LogP contribution in [0.15, 0.2) is 24.8 Å². The van der Waals surface area contributed by atoms with Crippen LogP contribution >= 0.6 is 0 Å². The summed E-state index contributed by atoms with van der Waals surface area (Å²) in [6, 6.07) is 3.62. The Morgan fingerprint density at radius 3 is 2.39 bits per heavy atom. The molecule has 2 N–H and O–H groups in total. The number of ether oxygens (including phenoxy) is 3. The maximum Gasteiger partial charge on any atom is 0.162 e. The normalized spacial score (nSPS) is 10.6. The second kappa shape index (κ2) is 6.39. The first-order valence-corrected chi connectivity index (χ1v) is 6.93. The number of hydrogen-bond acceptors (Lipinski definition) is 7. The molecule has 2 aromatic heterocycles. The zero-order valence-electron chi connectivity index (χ0n) is 13.1. The number of fused-ring (bicyclic) bond motifs is 1. The Morgan fingerprint density at radius 1 is 1.00 bits per heavy atom. The van der Waals surface area contributed by atoms with Crippen LogP contribution in [-0.4, -0.2) is 41.3 Å². The summed E-state index contributed by atoms with van der Waals surface area (Å²) in [4.78, 5) is 15.5. The van der Waals surface area contributed by atoms with Gasteiger partial charge in [0.25, 0.3) is 0 Å². The van der Waals surface area contributed by atoms with E-state index in [1.54, 1.807) is 27.7 Å². The van der Waals surface area contributed by atoms with Crippen molar-refractivity contribution < 1.29 is 14.2 Å². The van der Waals surface area contributed by atoms with Crippen LogP contribution < -0.4 is 19.5 Å². The first-order valence-electron chi connectivity index (χ1n) is 6.93. The Balaban J connectivity index is 1.92. The minimum atomic E-state index is 0.454. The van der Waals surface area contributed by atoms with Gasteiger partial charge in [-0.05, 0) is 0 Å². The Hall–Kier alpha value is -3.03. The molecule has 120 valence electrons. The molecule has 3 aromatic rings. The van der Waals surface area contributed by atoms with Gasteiger partial charge in [-0.2, -0.15) is 0 Å². The molecule has 0 saturated carbocycles. The lowest BCUT2D eigenvalue weighted by molar-refractivity contribution is 0.369. The molecule has 0 atom stereocenters. The van der Waals surface area contributed by atoms with Gasteiger partial charge in [-0.25, -0.2) is 15.0 Å². The highest BCUT2D eigenvalue weighted by Gasteiger charge is 2.14. The molecule has 0 aliphatic heterocycles. The summed E-state index contributed by atoms with van der Waals surface area (Å²) in [6.45, 7) is 0.454. The monoisotopic (exact) mass is 315 g/mol. The maximum atomic E-state index is 5.44. The average molecular weight is 315 g/mol. The van der Waals surface area contributed by atoms with Crippen LogP contribution in [0, 0.1) is 0 Å². The molecular weight excluding hydrogens is 298 g/mol. The van der Waals surface area contributed by atoms with Gasteiger partial charge in [0.15, 0.2) is 11.5 Å². The number of imidazole rings is 1. The standard InChI is InChI=1S/C15H17N5O3/c1-21-9-4-11(22-2)10(12(5-9)23-3)6-16-14-13-15(18-7-17-13)20-8-19-14/h4-5,7-8H,6H2,1-3H3,(H2,16,17,18,19,20). The second-order valence-corrected chi connectivity index (χ2v) is 4.69. The molecule has 2 heterocycles. The lowest BCUT2D eigenvalue weighted by atomic mass is 10.1. The molecule has 0 fully saturated rings. The number of hydrogen-bond donors (Lipinski definition) is 2. The number of benzene rings is 1. The van der Waals surface area contributed by atoms with Crippen LogP contribution in [0.5, 0.6) is 17.2 Å². The Bertz CT molecular complexity index is 793. The summed E-state index contributed by atoms with van der Waals surface area (Å²) < 4.78 is 16.1. The van der Waals surface area contributed by atoms with Crippen molar-refractivity contribution in [2.24, 2.45) is 0 Å². The highest BCUT2D eigenvalue weighted by Crippen LogP contribution is 2.34. The highest BCUT2D eigenvalue weighted by atomic mass is 16.5. The smallest absolute Gasteiger partial charge is 0.162 e. The van der Waals surface area contributed by atoms with Crippen molar-refractivity contribution in [2.45, 2.75) is 6.54 Å². The lowest BCUT2D eigenvalue weighted by Crippen LogP contribution is -2.06. The van der Waals surface area contributed by atoms with Crippen molar-refractivity contribution in [3.05, 3.63) is 30.4 Å². The molecule has 0 unspecified atom stereocenters.